The SMILES string of the molecule is CCCc1[nH]nc2c1C1(C(=O)N(Cc3ccc(F)cc3)c3ccccc31)C(C(=O)OC)=C(N)O2. The number of anilines is 1. The fourth-order valence-corrected chi connectivity index (χ4v) is 4.94. The first-order chi connectivity index (χ1) is 16.4. The molecule has 0 fully saturated rings. The van der Waals surface area contributed by atoms with Crippen LogP contribution in [0.15, 0.2) is 60.0 Å². The van der Waals surface area contributed by atoms with Gasteiger partial charge in [0.2, 0.25) is 17.7 Å². The van der Waals surface area contributed by atoms with Crippen molar-refractivity contribution in [3.8, 4) is 5.88 Å². The fraction of sp³-hybridized carbons (Fsp3) is 0.240. The zero-order chi connectivity index (χ0) is 24.0. The summed E-state index contributed by atoms with van der Waals surface area (Å²) in [7, 11) is 1.23. The average Bonchev–Trinajstić information content (AvgIpc) is 3.34. The Balaban J connectivity index is 1.79. The summed E-state index contributed by atoms with van der Waals surface area (Å²) in [6.07, 6.45) is 1.35. The van der Waals surface area contributed by atoms with E-state index in [2.05, 4.69) is 10.2 Å². The highest BCUT2D eigenvalue weighted by Gasteiger charge is 2.62. The van der Waals surface area contributed by atoms with Crippen LogP contribution < -0.4 is 15.4 Å². The molecule has 2 aromatic carbocycles. The van der Waals surface area contributed by atoms with Crippen molar-refractivity contribution in [2.75, 3.05) is 12.0 Å². The predicted octanol–water partition coefficient (Wildman–Crippen LogP) is 3.07. The number of hydrogen-bond donors (Lipinski definition) is 2. The molecule has 34 heavy (non-hydrogen) atoms. The van der Waals surface area contributed by atoms with Gasteiger partial charge in [0, 0.05) is 16.9 Å². The zero-order valence-electron chi connectivity index (χ0n) is 18.7. The second-order valence-corrected chi connectivity index (χ2v) is 8.25. The van der Waals surface area contributed by atoms with Crippen molar-refractivity contribution < 1.29 is 23.5 Å². The monoisotopic (exact) mass is 462 g/mol. The number of ether oxygens (including phenoxy) is 2. The maximum absolute atomic E-state index is 14.5. The molecule has 0 bridgehead atoms. The normalized spacial score (nSPS) is 18.7. The highest BCUT2D eigenvalue weighted by atomic mass is 19.1. The number of nitrogens with two attached hydrogens (primary N) is 1. The van der Waals surface area contributed by atoms with Gasteiger partial charge in [0.1, 0.15) is 16.8 Å². The molecule has 174 valence electrons. The molecule has 9 heteroatoms. The minimum atomic E-state index is -1.60. The van der Waals surface area contributed by atoms with Gasteiger partial charge < -0.3 is 20.1 Å². The fourth-order valence-electron chi connectivity index (χ4n) is 4.94. The third kappa shape index (κ3) is 2.93. The standard InChI is InChI=1S/C25H23FN4O4/c1-3-6-17-19-22(29-28-17)34-21(27)20(23(31)33-2)25(19)16-7-4-5-8-18(16)30(24(25)32)13-14-9-11-15(26)12-10-14/h4-5,7-12H,3,6,13,27H2,1-2H3,(H,28,29). The number of carbonyl (C=O) groups excluding carboxylic acids is 2. The van der Waals surface area contributed by atoms with Crippen molar-refractivity contribution in [3.05, 3.63) is 88.2 Å². The number of aryl methyl sites for hydroxylation is 1. The maximum Gasteiger partial charge on any atom is 0.340 e. The summed E-state index contributed by atoms with van der Waals surface area (Å²) in [6.45, 7) is 2.17. The summed E-state index contributed by atoms with van der Waals surface area (Å²) < 4.78 is 24.3. The number of H-pyrrole nitrogens is 1. The topological polar surface area (TPSA) is 111 Å². The second kappa shape index (κ2) is 8.02. The molecule has 0 radical (unpaired) electrons. The summed E-state index contributed by atoms with van der Waals surface area (Å²) >= 11 is 0. The van der Waals surface area contributed by atoms with Gasteiger partial charge in [-0.25, -0.2) is 9.18 Å². The van der Waals surface area contributed by atoms with E-state index in [1.54, 1.807) is 29.2 Å². The van der Waals surface area contributed by atoms with E-state index in [4.69, 9.17) is 15.2 Å². The Morgan fingerprint density at radius 3 is 2.68 bits per heavy atom. The molecule has 1 unspecified atom stereocenters. The molecule has 3 N–H and O–H groups in total. The van der Waals surface area contributed by atoms with Gasteiger partial charge in [0.25, 0.3) is 0 Å². The van der Waals surface area contributed by atoms with Crippen molar-refractivity contribution in [2.24, 2.45) is 5.73 Å². The highest BCUT2D eigenvalue weighted by Crippen LogP contribution is 2.56. The van der Waals surface area contributed by atoms with Gasteiger partial charge in [-0.3, -0.25) is 9.89 Å². The number of halogens is 1. The van der Waals surface area contributed by atoms with Gasteiger partial charge >= 0.3 is 5.97 Å². The Hall–Kier alpha value is -4.14. The maximum atomic E-state index is 14.5. The molecule has 8 nitrogen and oxygen atoms in total. The van der Waals surface area contributed by atoms with Gasteiger partial charge in [-0.1, -0.05) is 43.7 Å². The van der Waals surface area contributed by atoms with Crippen molar-refractivity contribution in [1.29, 1.82) is 0 Å². The van der Waals surface area contributed by atoms with Crippen LogP contribution in [0, 0.1) is 5.82 Å². The Kier molecular flexibility index (Phi) is 5.11. The molecule has 2 aliphatic heterocycles. The molecule has 2 aliphatic rings. The van der Waals surface area contributed by atoms with E-state index >= 15 is 0 Å². The third-order valence-electron chi connectivity index (χ3n) is 6.32. The van der Waals surface area contributed by atoms with Gasteiger partial charge in [-0.15, -0.1) is 5.10 Å². The first-order valence-electron chi connectivity index (χ1n) is 10.9. The van der Waals surface area contributed by atoms with Gasteiger partial charge in [0.15, 0.2) is 0 Å². The molecular formula is C25H23FN4O4. The molecule has 0 saturated heterocycles. The first-order valence-corrected chi connectivity index (χ1v) is 10.9. The number of aromatic amines is 1. The average molecular weight is 462 g/mol. The number of esters is 1. The summed E-state index contributed by atoms with van der Waals surface area (Å²) in [5, 5.41) is 7.23. The van der Waals surface area contributed by atoms with Crippen LogP contribution in [0.2, 0.25) is 0 Å². The minimum absolute atomic E-state index is 0.0830. The number of aromatic nitrogens is 2. The Morgan fingerprint density at radius 1 is 1.24 bits per heavy atom. The van der Waals surface area contributed by atoms with Crippen LogP contribution in [0.4, 0.5) is 10.1 Å². The van der Waals surface area contributed by atoms with Crippen LogP contribution in [-0.2, 0) is 32.7 Å². The Morgan fingerprint density at radius 2 is 1.97 bits per heavy atom. The summed E-state index contributed by atoms with van der Waals surface area (Å²) in [6, 6.07) is 13.2. The smallest absolute Gasteiger partial charge is 0.340 e. The number of nitrogens with one attached hydrogen (secondary N) is 1. The van der Waals surface area contributed by atoms with Crippen LogP contribution in [0.3, 0.4) is 0 Å². The molecule has 1 atom stereocenters. The van der Waals surface area contributed by atoms with Crippen LogP contribution in [0.25, 0.3) is 0 Å². The molecule has 3 heterocycles. The van der Waals surface area contributed by atoms with E-state index < -0.39 is 11.4 Å². The van der Waals surface area contributed by atoms with E-state index in [0.717, 1.165) is 12.0 Å². The quantitative estimate of drug-likeness (QED) is 0.564. The van der Waals surface area contributed by atoms with E-state index in [-0.39, 0.29) is 35.6 Å². The number of methoxy groups -OCH3 is 1. The summed E-state index contributed by atoms with van der Waals surface area (Å²) in [5.41, 5.74) is 7.61. The Labute approximate surface area is 195 Å². The number of nitrogens with zero attached hydrogens (tertiary/aromatic N) is 2. The van der Waals surface area contributed by atoms with Gasteiger partial charge in [-0.2, -0.15) is 0 Å². The van der Waals surface area contributed by atoms with Crippen LogP contribution in [0.5, 0.6) is 5.88 Å². The van der Waals surface area contributed by atoms with Crippen molar-refractivity contribution >= 4 is 17.6 Å². The minimum Gasteiger partial charge on any atom is -0.465 e. The molecule has 0 saturated carbocycles. The van der Waals surface area contributed by atoms with E-state index in [1.165, 1.54) is 19.2 Å². The lowest BCUT2D eigenvalue weighted by Gasteiger charge is -2.34. The number of hydrogen-bond acceptors (Lipinski definition) is 6. The van der Waals surface area contributed by atoms with Crippen LogP contribution in [-0.4, -0.2) is 29.2 Å². The van der Waals surface area contributed by atoms with Crippen molar-refractivity contribution in [3.63, 3.8) is 0 Å². The lowest BCUT2D eigenvalue weighted by Crippen LogP contribution is -2.48. The Bertz CT molecular complexity index is 1330. The number of carbonyl (C=O) groups is 2. The second-order valence-electron chi connectivity index (χ2n) is 8.25. The van der Waals surface area contributed by atoms with E-state index in [9.17, 15) is 14.0 Å². The van der Waals surface area contributed by atoms with Crippen LogP contribution >= 0.6 is 0 Å². The number of rotatable bonds is 5. The molecular weight excluding hydrogens is 439 g/mol. The number of amides is 1. The van der Waals surface area contributed by atoms with E-state index in [0.29, 0.717) is 28.9 Å². The van der Waals surface area contributed by atoms with Crippen LogP contribution in [0.1, 0.15) is 35.7 Å². The van der Waals surface area contributed by atoms with Gasteiger partial charge in [-0.05, 0) is 30.2 Å². The number of benzene rings is 2. The predicted molar refractivity (Wildman–Crippen MR) is 121 cm³/mol. The van der Waals surface area contributed by atoms with Crippen molar-refractivity contribution in [2.45, 2.75) is 31.7 Å². The van der Waals surface area contributed by atoms with Gasteiger partial charge in [0.05, 0.1) is 19.2 Å². The summed E-state index contributed by atoms with van der Waals surface area (Å²) in [4.78, 5) is 29.2. The number of fused-ring (bicyclic) bond motifs is 4. The lowest BCUT2D eigenvalue weighted by atomic mass is 9.68. The number of para-hydroxylation sites is 1. The largest absolute Gasteiger partial charge is 0.465 e. The van der Waals surface area contributed by atoms with Crippen molar-refractivity contribution in [1.82, 2.24) is 10.2 Å². The molecule has 0 aliphatic carbocycles. The molecule has 3 aromatic rings. The zero-order valence-corrected chi connectivity index (χ0v) is 18.7. The summed E-state index contributed by atoms with van der Waals surface area (Å²) in [5.74, 6) is -1.60. The molecule has 5 rings (SSSR count). The first kappa shape index (κ1) is 21.7. The third-order valence-corrected chi connectivity index (χ3v) is 6.32. The highest BCUT2D eigenvalue weighted by molar-refractivity contribution is 6.18. The molecule has 1 spiro atoms. The molecule has 1 amide bonds. The molecule has 1 aromatic heterocycles. The lowest BCUT2D eigenvalue weighted by molar-refractivity contribution is -0.138. The van der Waals surface area contributed by atoms with E-state index in [1.807, 2.05) is 19.1 Å².